The second-order valence-corrected chi connectivity index (χ2v) is 6.57. The van der Waals surface area contributed by atoms with Crippen molar-refractivity contribution in [1.29, 1.82) is 0 Å². The van der Waals surface area contributed by atoms with Crippen LogP contribution >= 0.6 is 0 Å². The number of aryl methyl sites for hydroxylation is 2. The van der Waals surface area contributed by atoms with Crippen LogP contribution in [-0.2, 0) is 13.5 Å². The van der Waals surface area contributed by atoms with Crippen molar-refractivity contribution in [3.63, 3.8) is 0 Å². The average Bonchev–Trinajstić information content (AvgIpc) is 2.98. The maximum absolute atomic E-state index is 2.37. The minimum absolute atomic E-state index is 1.06. The van der Waals surface area contributed by atoms with Gasteiger partial charge in [-0.1, -0.05) is 35.9 Å². The molecule has 0 saturated carbocycles. The number of benzene rings is 2. The van der Waals surface area contributed by atoms with Crippen molar-refractivity contribution >= 4 is 0 Å². The van der Waals surface area contributed by atoms with E-state index in [4.69, 9.17) is 0 Å². The fraction of sp³-hybridized carbons (Fsp3) is 0.238. The predicted octanol–water partition coefficient (Wildman–Crippen LogP) is 5.19. The van der Waals surface area contributed by atoms with Crippen LogP contribution in [0.5, 0.6) is 0 Å². The van der Waals surface area contributed by atoms with Gasteiger partial charge in [-0.05, 0) is 72.7 Å². The zero-order chi connectivity index (χ0) is 15.4. The molecule has 1 aliphatic carbocycles. The fourth-order valence-electron chi connectivity index (χ4n) is 3.63. The first-order valence-electron chi connectivity index (χ1n) is 7.90. The fourth-order valence-corrected chi connectivity index (χ4v) is 3.63. The standard InChI is InChI=1S/C21H21N/c1-13-5-7-19-17(9-13)12-18-11-16(6-8-20(18)19)21-10-14(2)15(3)22(21)4/h5-11H,12H2,1-4H3. The Bertz CT molecular complexity index is 897. The van der Waals surface area contributed by atoms with E-state index in [-0.39, 0.29) is 0 Å². The Balaban J connectivity index is 1.83. The molecule has 0 fully saturated rings. The van der Waals surface area contributed by atoms with Crippen molar-refractivity contribution in [2.24, 2.45) is 7.05 Å². The smallest absolute Gasteiger partial charge is 0.0482 e. The van der Waals surface area contributed by atoms with Crippen LogP contribution in [0.15, 0.2) is 42.5 Å². The van der Waals surface area contributed by atoms with Gasteiger partial charge in [-0.25, -0.2) is 0 Å². The van der Waals surface area contributed by atoms with E-state index in [9.17, 15) is 0 Å². The number of fused-ring (bicyclic) bond motifs is 3. The van der Waals surface area contributed by atoms with Crippen LogP contribution in [0.25, 0.3) is 22.4 Å². The SMILES string of the molecule is Cc1ccc2c(c1)Cc1cc(-c3cc(C)c(C)n3C)ccc1-2. The summed E-state index contributed by atoms with van der Waals surface area (Å²) in [5.74, 6) is 0. The molecule has 0 unspecified atom stereocenters. The molecule has 0 atom stereocenters. The molecule has 0 N–H and O–H groups in total. The number of rotatable bonds is 1. The Morgan fingerprint density at radius 3 is 2.18 bits per heavy atom. The van der Waals surface area contributed by atoms with Gasteiger partial charge in [0.05, 0.1) is 0 Å². The number of aromatic nitrogens is 1. The molecule has 3 aromatic rings. The molecule has 1 aromatic heterocycles. The summed E-state index contributed by atoms with van der Waals surface area (Å²) < 4.78 is 2.29. The molecule has 1 heteroatoms. The molecule has 1 aliphatic rings. The third-order valence-electron chi connectivity index (χ3n) is 5.12. The molecule has 0 radical (unpaired) electrons. The van der Waals surface area contributed by atoms with Crippen LogP contribution in [0.1, 0.15) is 27.9 Å². The first kappa shape index (κ1) is 13.4. The van der Waals surface area contributed by atoms with Crippen LogP contribution < -0.4 is 0 Å². The van der Waals surface area contributed by atoms with E-state index in [1.807, 2.05) is 0 Å². The van der Waals surface area contributed by atoms with Gasteiger partial charge in [-0.3, -0.25) is 0 Å². The van der Waals surface area contributed by atoms with E-state index in [0.29, 0.717) is 0 Å². The summed E-state index contributed by atoms with van der Waals surface area (Å²) in [6.45, 7) is 6.54. The Kier molecular flexibility index (Phi) is 2.80. The predicted molar refractivity (Wildman–Crippen MR) is 93.3 cm³/mol. The van der Waals surface area contributed by atoms with Gasteiger partial charge in [0.1, 0.15) is 0 Å². The van der Waals surface area contributed by atoms with Gasteiger partial charge in [0.25, 0.3) is 0 Å². The van der Waals surface area contributed by atoms with Gasteiger partial charge in [-0.15, -0.1) is 0 Å². The maximum Gasteiger partial charge on any atom is 0.0482 e. The van der Waals surface area contributed by atoms with Gasteiger partial charge in [0.15, 0.2) is 0 Å². The Labute approximate surface area is 132 Å². The minimum atomic E-state index is 1.06. The van der Waals surface area contributed by atoms with Crippen LogP contribution in [0.2, 0.25) is 0 Å². The molecular weight excluding hydrogens is 266 g/mol. The molecule has 22 heavy (non-hydrogen) atoms. The van der Waals surface area contributed by atoms with Crippen LogP contribution in [0.4, 0.5) is 0 Å². The second kappa shape index (κ2) is 4.61. The first-order valence-corrected chi connectivity index (χ1v) is 7.90. The molecule has 0 amide bonds. The zero-order valence-electron chi connectivity index (χ0n) is 13.7. The lowest BCUT2D eigenvalue weighted by atomic mass is 10.0. The van der Waals surface area contributed by atoms with Crippen molar-refractivity contribution in [3.05, 3.63) is 70.4 Å². The third kappa shape index (κ3) is 1.85. The van der Waals surface area contributed by atoms with Gasteiger partial charge < -0.3 is 4.57 Å². The number of nitrogens with zero attached hydrogens (tertiary/aromatic N) is 1. The molecule has 4 rings (SSSR count). The van der Waals surface area contributed by atoms with Crippen LogP contribution in [-0.4, -0.2) is 4.57 Å². The van der Waals surface area contributed by atoms with Crippen molar-refractivity contribution < 1.29 is 0 Å². The maximum atomic E-state index is 2.37. The molecule has 0 bridgehead atoms. The quantitative estimate of drug-likeness (QED) is 0.454. The highest BCUT2D eigenvalue weighted by Crippen LogP contribution is 2.39. The Hall–Kier alpha value is -2.28. The summed E-state index contributed by atoms with van der Waals surface area (Å²) in [5.41, 5.74) is 12.4. The second-order valence-electron chi connectivity index (χ2n) is 6.57. The highest BCUT2D eigenvalue weighted by molar-refractivity contribution is 5.80. The lowest BCUT2D eigenvalue weighted by Crippen LogP contribution is -1.94. The molecule has 0 aliphatic heterocycles. The molecule has 0 saturated heterocycles. The van der Waals surface area contributed by atoms with Crippen molar-refractivity contribution in [1.82, 2.24) is 4.57 Å². The summed E-state index contributed by atoms with van der Waals surface area (Å²) in [4.78, 5) is 0. The highest BCUT2D eigenvalue weighted by Gasteiger charge is 2.19. The lowest BCUT2D eigenvalue weighted by molar-refractivity contribution is 0.885. The van der Waals surface area contributed by atoms with Crippen molar-refractivity contribution in [3.8, 4) is 22.4 Å². The molecular formula is C21H21N. The highest BCUT2D eigenvalue weighted by atomic mass is 15.0. The summed E-state index contributed by atoms with van der Waals surface area (Å²) in [7, 11) is 2.16. The average molecular weight is 287 g/mol. The molecule has 1 heterocycles. The normalized spacial score (nSPS) is 12.4. The van der Waals surface area contributed by atoms with E-state index in [0.717, 1.165) is 6.42 Å². The third-order valence-corrected chi connectivity index (χ3v) is 5.12. The molecule has 110 valence electrons. The van der Waals surface area contributed by atoms with Gasteiger partial charge in [0, 0.05) is 18.4 Å². The summed E-state index contributed by atoms with van der Waals surface area (Å²) in [6, 6.07) is 16.0. The largest absolute Gasteiger partial charge is 0.348 e. The van der Waals surface area contributed by atoms with E-state index in [1.54, 1.807) is 0 Å². The molecule has 1 nitrogen and oxygen atoms in total. The molecule has 0 spiro atoms. The van der Waals surface area contributed by atoms with Gasteiger partial charge in [0.2, 0.25) is 0 Å². The summed E-state index contributed by atoms with van der Waals surface area (Å²) >= 11 is 0. The monoisotopic (exact) mass is 287 g/mol. The van der Waals surface area contributed by atoms with Crippen molar-refractivity contribution in [2.45, 2.75) is 27.2 Å². The first-order chi connectivity index (χ1) is 10.5. The lowest BCUT2D eigenvalue weighted by Gasteiger charge is -2.08. The number of hydrogen-bond acceptors (Lipinski definition) is 0. The van der Waals surface area contributed by atoms with Gasteiger partial charge in [-0.2, -0.15) is 0 Å². The van der Waals surface area contributed by atoms with E-state index >= 15 is 0 Å². The summed E-state index contributed by atoms with van der Waals surface area (Å²) in [5, 5.41) is 0. The Morgan fingerprint density at radius 1 is 0.818 bits per heavy atom. The minimum Gasteiger partial charge on any atom is -0.348 e. The molecule has 2 aromatic carbocycles. The topological polar surface area (TPSA) is 4.93 Å². The van der Waals surface area contributed by atoms with Crippen LogP contribution in [0, 0.1) is 20.8 Å². The summed E-state index contributed by atoms with van der Waals surface area (Å²) in [6.07, 6.45) is 1.06. The van der Waals surface area contributed by atoms with Crippen LogP contribution in [0.3, 0.4) is 0 Å². The van der Waals surface area contributed by atoms with E-state index in [1.165, 1.54) is 50.3 Å². The van der Waals surface area contributed by atoms with Gasteiger partial charge >= 0.3 is 0 Å². The van der Waals surface area contributed by atoms with E-state index < -0.39 is 0 Å². The van der Waals surface area contributed by atoms with Crippen molar-refractivity contribution in [2.75, 3.05) is 0 Å². The van der Waals surface area contributed by atoms with E-state index in [2.05, 4.69) is 74.9 Å². The zero-order valence-corrected chi connectivity index (χ0v) is 13.7. The number of hydrogen-bond donors (Lipinski definition) is 0. The Morgan fingerprint density at radius 2 is 1.50 bits per heavy atom.